The standard InChI is InChI=1S/C6H13NO4S/c1-6(2,3)11-5(8)7(4)12(9)10/h12H,1-4H3. The molecule has 1 amide bonds. The number of nitrogens with zero attached hydrogens (tertiary/aromatic N) is 1. The molecule has 0 saturated carbocycles. The second-order valence-corrected chi connectivity index (χ2v) is 4.32. The van der Waals surface area contributed by atoms with Crippen LogP contribution in [0.25, 0.3) is 0 Å². The lowest BCUT2D eigenvalue weighted by Gasteiger charge is -2.21. The minimum Gasteiger partial charge on any atom is -0.443 e. The normalized spacial score (nSPS) is 11.4. The zero-order valence-corrected chi connectivity index (χ0v) is 8.42. The van der Waals surface area contributed by atoms with Gasteiger partial charge < -0.3 is 4.74 Å². The Kier molecular flexibility index (Phi) is 3.51. The van der Waals surface area contributed by atoms with Crippen LogP contribution in [0, 0.1) is 0 Å². The zero-order chi connectivity index (χ0) is 9.94. The van der Waals surface area contributed by atoms with Crippen molar-refractivity contribution in [3.05, 3.63) is 0 Å². The zero-order valence-electron chi connectivity index (χ0n) is 7.53. The van der Waals surface area contributed by atoms with Crippen molar-refractivity contribution in [2.75, 3.05) is 7.05 Å². The van der Waals surface area contributed by atoms with E-state index in [1.807, 2.05) is 0 Å². The highest BCUT2D eigenvalue weighted by Crippen LogP contribution is 2.08. The molecule has 0 saturated heterocycles. The molecular weight excluding hydrogens is 182 g/mol. The average Bonchev–Trinajstić information content (AvgIpc) is 1.82. The molecule has 0 radical (unpaired) electrons. The third-order valence-electron chi connectivity index (χ3n) is 0.903. The van der Waals surface area contributed by atoms with Crippen LogP contribution in [0.1, 0.15) is 20.8 Å². The SMILES string of the molecule is CN(C(=O)OC(C)(C)C)[SH](=O)=O. The number of carbonyl (C=O) groups is 1. The predicted octanol–water partition coefficient (Wildman–Crippen LogP) is 0.380. The van der Waals surface area contributed by atoms with Crippen molar-refractivity contribution in [3.8, 4) is 0 Å². The molecule has 0 aromatic carbocycles. The number of hydrogen-bond donors (Lipinski definition) is 1. The van der Waals surface area contributed by atoms with Gasteiger partial charge in [-0.3, -0.25) is 0 Å². The molecule has 0 N–H and O–H groups in total. The Morgan fingerprint density at radius 1 is 1.33 bits per heavy atom. The highest BCUT2D eigenvalue weighted by atomic mass is 32.2. The summed E-state index contributed by atoms with van der Waals surface area (Å²) < 4.78 is 25.9. The van der Waals surface area contributed by atoms with E-state index in [4.69, 9.17) is 4.74 Å². The molecule has 0 heterocycles. The van der Waals surface area contributed by atoms with Gasteiger partial charge in [0.2, 0.25) is 10.9 Å². The number of carbonyl (C=O) groups excluding carboxylic acids is 1. The van der Waals surface area contributed by atoms with E-state index in [0.29, 0.717) is 4.31 Å². The summed E-state index contributed by atoms with van der Waals surface area (Å²) >= 11 is 0. The smallest absolute Gasteiger partial charge is 0.423 e. The second kappa shape index (κ2) is 3.75. The molecule has 0 aromatic heterocycles. The molecule has 5 nitrogen and oxygen atoms in total. The highest BCUT2D eigenvalue weighted by molar-refractivity contribution is 7.70. The Morgan fingerprint density at radius 2 is 1.75 bits per heavy atom. The van der Waals surface area contributed by atoms with Gasteiger partial charge >= 0.3 is 6.09 Å². The first-order valence-corrected chi connectivity index (χ1v) is 4.48. The Morgan fingerprint density at radius 3 is 2.00 bits per heavy atom. The number of rotatable bonds is 1. The van der Waals surface area contributed by atoms with Gasteiger partial charge in [-0.1, -0.05) is 0 Å². The highest BCUT2D eigenvalue weighted by Gasteiger charge is 2.20. The van der Waals surface area contributed by atoms with Gasteiger partial charge in [0.05, 0.1) is 0 Å². The van der Waals surface area contributed by atoms with Gasteiger partial charge in [0.1, 0.15) is 5.60 Å². The predicted molar refractivity (Wildman–Crippen MR) is 44.3 cm³/mol. The van der Waals surface area contributed by atoms with E-state index in [-0.39, 0.29) is 0 Å². The minimum atomic E-state index is -2.90. The van der Waals surface area contributed by atoms with E-state index in [9.17, 15) is 13.2 Å². The monoisotopic (exact) mass is 195 g/mol. The Labute approximate surface area is 73.4 Å². The number of amides is 1. The van der Waals surface area contributed by atoms with E-state index in [1.165, 1.54) is 0 Å². The molecule has 0 aliphatic carbocycles. The van der Waals surface area contributed by atoms with Crippen molar-refractivity contribution >= 4 is 17.0 Å². The van der Waals surface area contributed by atoms with Crippen LogP contribution in [0.3, 0.4) is 0 Å². The fourth-order valence-corrected chi connectivity index (χ4v) is 0.569. The van der Waals surface area contributed by atoms with Gasteiger partial charge in [-0.15, -0.1) is 0 Å². The molecule has 0 spiro atoms. The number of ether oxygens (including phenoxy) is 1. The summed E-state index contributed by atoms with van der Waals surface area (Å²) in [5, 5.41) is 0. The van der Waals surface area contributed by atoms with Crippen molar-refractivity contribution in [1.82, 2.24) is 4.31 Å². The molecule has 0 aliphatic heterocycles. The summed E-state index contributed by atoms with van der Waals surface area (Å²) in [6.07, 6.45) is -0.862. The van der Waals surface area contributed by atoms with E-state index < -0.39 is 22.6 Å². The fraction of sp³-hybridized carbons (Fsp3) is 0.833. The molecule has 0 unspecified atom stereocenters. The largest absolute Gasteiger partial charge is 0.443 e. The fourth-order valence-electron chi connectivity index (χ4n) is 0.395. The summed E-state index contributed by atoms with van der Waals surface area (Å²) in [7, 11) is -1.76. The first-order chi connectivity index (χ1) is 5.24. The Bertz CT molecular complexity index is 232. The van der Waals surface area contributed by atoms with Crippen LogP contribution in [0.5, 0.6) is 0 Å². The van der Waals surface area contributed by atoms with Gasteiger partial charge in [-0.25, -0.2) is 17.5 Å². The lowest BCUT2D eigenvalue weighted by Crippen LogP contribution is -2.33. The van der Waals surface area contributed by atoms with Gasteiger partial charge in [0.25, 0.3) is 0 Å². The van der Waals surface area contributed by atoms with Gasteiger partial charge in [-0.2, -0.15) is 0 Å². The topological polar surface area (TPSA) is 63.7 Å². The van der Waals surface area contributed by atoms with Crippen LogP contribution in [-0.4, -0.2) is 31.5 Å². The van der Waals surface area contributed by atoms with Gasteiger partial charge in [0, 0.05) is 7.05 Å². The van der Waals surface area contributed by atoms with E-state index >= 15 is 0 Å². The maximum atomic E-state index is 10.9. The van der Waals surface area contributed by atoms with Crippen molar-refractivity contribution < 1.29 is 17.9 Å². The molecule has 0 fully saturated rings. The van der Waals surface area contributed by atoms with E-state index in [1.54, 1.807) is 20.8 Å². The maximum absolute atomic E-state index is 10.9. The quantitative estimate of drug-likeness (QED) is 0.614. The van der Waals surface area contributed by atoms with E-state index in [2.05, 4.69) is 0 Å². The number of hydrogen-bond acceptors (Lipinski definition) is 4. The second-order valence-electron chi connectivity index (χ2n) is 3.24. The molecule has 72 valence electrons. The van der Waals surface area contributed by atoms with Crippen molar-refractivity contribution in [1.29, 1.82) is 0 Å². The Hall–Kier alpha value is -0.780. The molecule has 0 aromatic rings. The van der Waals surface area contributed by atoms with Crippen LogP contribution in [-0.2, 0) is 15.6 Å². The average molecular weight is 195 g/mol. The van der Waals surface area contributed by atoms with Crippen molar-refractivity contribution in [2.45, 2.75) is 26.4 Å². The molecule has 0 atom stereocenters. The first-order valence-electron chi connectivity index (χ1n) is 3.35. The summed E-state index contributed by atoms with van der Waals surface area (Å²) in [4.78, 5) is 10.9. The molecule has 6 heteroatoms. The minimum absolute atomic E-state index is 0.528. The number of thiol groups is 1. The third-order valence-corrected chi connectivity index (χ3v) is 1.56. The van der Waals surface area contributed by atoms with E-state index in [0.717, 1.165) is 7.05 Å². The van der Waals surface area contributed by atoms with Gasteiger partial charge in [-0.05, 0) is 20.8 Å². The first kappa shape index (κ1) is 11.2. The summed E-state index contributed by atoms with van der Waals surface area (Å²) in [5.74, 6) is 0. The van der Waals surface area contributed by atoms with Crippen molar-refractivity contribution in [2.24, 2.45) is 0 Å². The summed E-state index contributed by atoms with van der Waals surface area (Å²) in [6, 6.07) is 0. The molecule has 12 heavy (non-hydrogen) atoms. The Balaban J connectivity index is 4.24. The molecule has 0 bridgehead atoms. The third kappa shape index (κ3) is 4.17. The van der Waals surface area contributed by atoms with Crippen molar-refractivity contribution in [3.63, 3.8) is 0 Å². The maximum Gasteiger partial charge on any atom is 0.423 e. The lowest BCUT2D eigenvalue weighted by atomic mass is 10.2. The summed E-state index contributed by atoms with van der Waals surface area (Å²) in [6.45, 7) is 4.99. The van der Waals surface area contributed by atoms with Crippen LogP contribution in [0.2, 0.25) is 0 Å². The van der Waals surface area contributed by atoms with Gasteiger partial charge in [0.15, 0.2) is 0 Å². The van der Waals surface area contributed by atoms with Crippen LogP contribution >= 0.6 is 0 Å². The van der Waals surface area contributed by atoms with Crippen LogP contribution < -0.4 is 0 Å². The lowest BCUT2D eigenvalue weighted by molar-refractivity contribution is 0.0425. The molecule has 0 rings (SSSR count). The molecule has 0 aliphatic rings. The van der Waals surface area contributed by atoms with Crippen LogP contribution in [0.15, 0.2) is 0 Å². The summed E-state index contributed by atoms with van der Waals surface area (Å²) in [5.41, 5.74) is -0.670. The molecular formula is C6H13NO4S. The van der Waals surface area contributed by atoms with Crippen LogP contribution in [0.4, 0.5) is 4.79 Å².